The quantitative estimate of drug-likeness (QED) is 0.899. The van der Waals surface area contributed by atoms with Crippen LogP contribution < -0.4 is 5.32 Å². The van der Waals surface area contributed by atoms with Crippen LogP contribution in [0.3, 0.4) is 0 Å². The molecule has 1 unspecified atom stereocenters. The lowest BCUT2D eigenvalue weighted by atomic mass is 10.3. The maximum absolute atomic E-state index is 11.9. The van der Waals surface area contributed by atoms with Crippen molar-refractivity contribution in [3.63, 3.8) is 0 Å². The highest BCUT2D eigenvalue weighted by atomic mass is 35.5. The minimum atomic E-state index is 0. The maximum atomic E-state index is 11.9. The molecule has 0 aliphatic carbocycles. The fourth-order valence-electron chi connectivity index (χ4n) is 2.02. The highest BCUT2D eigenvalue weighted by molar-refractivity contribution is 5.85. The molecule has 1 aromatic rings. The van der Waals surface area contributed by atoms with Gasteiger partial charge in [-0.2, -0.15) is 0 Å². The zero-order chi connectivity index (χ0) is 11.4. The molecule has 18 heavy (non-hydrogen) atoms. The van der Waals surface area contributed by atoms with Gasteiger partial charge < -0.3 is 14.8 Å². The van der Waals surface area contributed by atoms with E-state index in [1.54, 1.807) is 12.5 Å². The second kappa shape index (κ2) is 8.34. The maximum Gasteiger partial charge on any atom is 0.224 e. The molecule has 1 N–H and O–H groups in total. The molecule has 0 radical (unpaired) electrons. The summed E-state index contributed by atoms with van der Waals surface area (Å²) in [6, 6.07) is 0.470. The molecule has 1 saturated heterocycles. The van der Waals surface area contributed by atoms with Gasteiger partial charge in [0.1, 0.15) is 0 Å². The van der Waals surface area contributed by atoms with E-state index in [4.69, 9.17) is 0 Å². The summed E-state index contributed by atoms with van der Waals surface area (Å²) in [6.07, 6.45) is 6.98. The van der Waals surface area contributed by atoms with Crippen molar-refractivity contribution in [2.24, 2.45) is 0 Å². The van der Waals surface area contributed by atoms with E-state index in [0.29, 0.717) is 12.5 Å². The topological polar surface area (TPSA) is 50.2 Å². The van der Waals surface area contributed by atoms with Crippen LogP contribution >= 0.6 is 24.8 Å². The molecule has 0 bridgehead atoms. The van der Waals surface area contributed by atoms with Crippen molar-refractivity contribution in [3.05, 3.63) is 18.7 Å². The number of aromatic nitrogens is 2. The average molecular weight is 295 g/mol. The molecule has 2 rings (SSSR count). The molecule has 1 aliphatic rings. The van der Waals surface area contributed by atoms with Crippen LogP contribution in [0.5, 0.6) is 0 Å². The third kappa shape index (κ3) is 4.48. The van der Waals surface area contributed by atoms with Gasteiger partial charge in [0, 0.05) is 44.5 Å². The lowest BCUT2D eigenvalue weighted by Crippen LogP contribution is -2.33. The van der Waals surface area contributed by atoms with E-state index < -0.39 is 0 Å². The van der Waals surface area contributed by atoms with Gasteiger partial charge in [-0.3, -0.25) is 4.79 Å². The fraction of sp³-hybridized carbons (Fsp3) is 0.636. The van der Waals surface area contributed by atoms with Gasteiger partial charge in [-0.1, -0.05) is 0 Å². The Morgan fingerprint density at radius 1 is 1.50 bits per heavy atom. The number of nitrogens with zero attached hydrogens (tertiary/aromatic N) is 3. The van der Waals surface area contributed by atoms with Crippen LogP contribution in [0, 0.1) is 0 Å². The summed E-state index contributed by atoms with van der Waals surface area (Å²) in [5, 5.41) is 3.21. The Morgan fingerprint density at radius 2 is 2.28 bits per heavy atom. The predicted octanol–water partition coefficient (Wildman–Crippen LogP) is 0.937. The van der Waals surface area contributed by atoms with Gasteiger partial charge in [0.05, 0.1) is 6.33 Å². The molecule has 0 spiro atoms. The van der Waals surface area contributed by atoms with Crippen molar-refractivity contribution < 1.29 is 4.79 Å². The number of halogens is 2. The number of likely N-dealkylation sites (tertiary alicyclic amines) is 1. The van der Waals surface area contributed by atoms with Crippen LogP contribution in [-0.4, -0.2) is 46.5 Å². The Morgan fingerprint density at radius 3 is 2.83 bits per heavy atom. The van der Waals surface area contributed by atoms with Gasteiger partial charge in [-0.05, 0) is 13.5 Å². The summed E-state index contributed by atoms with van der Waals surface area (Å²) in [5.41, 5.74) is 0. The number of rotatable bonds is 4. The smallest absolute Gasteiger partial charge is 0.224 e. The largest absolute Gasteiger partial charge is 0.341 e. The van der Waals surface area contributed by atoms with Crippen molar-refractivity contribution in [1.82, 2.24) is 19.8 Å². The number of amides is 1. The molecule has 104 valence electrons. The zero-order valence-corrected chi connectivity index (χ0v) is 12.0. The Labute approximate surface area is 120 Å². The fourth-order valence-corrected chi connectivity index (χ4v) is 2.02. The molecular formula is C11H20Cl2N4O. The van der Waals surface area contributed by atoms with Crippen LogP contribution in [0.2, 0.25) is 0 Å². The molecule has 0 saturated carbocycles. The summed E-state index contributed by atoms with van der Waals surface area (Å²) in [4.78, 5) is 17.8. The molecule has 7 heteroatoms. The first kappa shape index (κ1) is 17.2. The second-order valence-corrected chi connectivity index (χ2v) is 4.16. The minimum Gasteiger partial charge on any atom is -0.341 e. The van der Waals surface area contributed by atoms with E-state index in [-0.39, 0.29) is 30.7 Å². The van der Waals surface area contributed by atoms with Gasteiger partial charge >= 0.3 is 0 Å². The Kier molecular flexibility index (Phi) is 7.98. The van der Waals surface area contributed by atoms with E-state index in [0.717, 1.165) is 26.1 Å². The van der Waals surface area contributed by atoms with Crippen LogP contribution in [0.1, 0.15) is 12.8 Å². The van der Waals surface area contributed by atoms with Crippen molar-refractivity contribution >= 4 is 30.7 Å². The van der Waals surface area contributed by atoms with E-state index in [1.165, 1.54) is 0 Å². The Hall–Kier alpha value is -0.780. The number of carbonyl (C=O) groups excluding carboxylic acids is 1. The Balaban J connectivity index is 0.00000144. The normalized spacial score (nSPS) is 18.1. The lowest BCUT2D eigenvalue weighted by molar-refractivity contribution is -0.130. The standard InChI is InChI=1S/C11H18N4O.2ClH/c1-12-10-2-6-15(8-10)11(16)3-5-14-7-4-13-9-14;;/h4,7,9-10,12H,2-3,5-6,8H2,1H3;2*1H. The van der Waals surface area contributed by atoms with E-state index in [1.807, 2.05) is 22.7 Å². The van der Waals surface area contributed by atoms with Crippen LogP contribution in [0.25, 0.3) is 0 Å². The van der Waals surface area contributed by atoms with Crippen molar-refractivity contribution in [2.45, 2.75) is 25.4 Å². The minimum absolute atomic E-state index is 0. The number of aryl methyl sites for hydroxylation is 1. The number of hydrogen-bond acceptors (Lipinski definition) is 3. The molecule has 1 aromatic heterocycles. The van der Waals surface area contributed by atoms with Crippen LogP contribution in [0.15, 0.2) is 18.7 Å². The summed E-state index contributed by atoms with van der Waals surface area (Å²) in [5.74, 6) is 0.242. The number of imidazole rings is 1. The average Bonchev–Trinajstić information content (AvgIpc) is 2.96. The number of hydrogen-bond donors (Lipinski definition) is 1. The molecule has 2 heterocycles. The number of nitrogens with one attached hydrogen (secondary N) is 1. The zero-order valence-electron chi connectivity index (χ0n) is 10.4. The molecule has 1 atom stereocenters. The molecule has 0 aromatic carbocycles. The van der Waals surface area contributed by atoms with E-state index in [2.05, 4.69) is 10.3 Å². The SMILES string of the molecule is CNC1CCN(C(=O)CCn2ccnc2)C1.Cl.Cl. The Bertz CT molecular complexity index is 345. The van der Waals surface area contributed by atoms with E-state index >= 15 is 0 Å². The molecule has 1 fully saturated rings. The van der Waals surface area contributed by atoms with Crippen molar-refractivity contribution in [3.8, 4) is 0 Å². The van der Waals surface area contributed by atoms with Gasteiger partial charge in [-0.15, -0.1) is 24.8 Å². The van der Waals surface area contributed by atoms with Gasteiger partial charge in [0.15, 0.2) is 0 Å². The molecule has 1 aliphatic heterocycles. The first-order chi connectivity index (χ1) is 7.79. The molecule has 5 nitrogen and oxygen atoms in total. The van der Waals surface area contributed by atoms with E-state index in [9.17, 15) is 4.79 Å². The van der Waals surface area contributed by atoms with Gasteiger partial charge in [0.25, 0.3) is 0 Å². The predicted molar refractivity (Wildman–Crippen MR) is 75.4 cm³/mol. The first-order valence-corrected chi connectivity index (χ1v) is 5.70. The molecule has 1 amide bonds. The monoisotopic (exact) mass is 294 g/mol. The summed E-state index contributed by atoms with van der Waals surface area (Å²) in [6.45, 7) is 2.45. The van der Waals surface area contributed by atoms with Gasteiger partial charge in [-0.25, -0.2) is 4.98 Å². The van der Waals surface area contributed by atoms with Crippen LogP contribution in [0.4, 0.5) is 0 Å². The molecular weight excluding hydrogens is 275 g/mol. The number of likely N-dealkylation sites (N-methyl/N-ethyl adjacent to an activating group) is 1. The summed E-state index contributed by atoms with van der Waals surface area (Å²) >= 11 is 0. The van der Waals surface area contributed by atoms with Gasteiger partial charge in [0.2, 0.25) is 5.91 Å². The highest BCUT2D eigenvalue weighted by Gasteiger charge is 2.24. The lowest BCUT2D eigenvalue weighted by Gasteiger charge is -2.16. The first-order valence-electron chi connectivity index (χ1n) is 5.70. The van der Waals surface area contributed by atoms with Crippen molar-refractivity contribution in [2.75, 3.05) is 20.1 Å². The third-order valence-corrected chi connectivity index (χ3v) is 3.09. The summed E-state index contributed by atoms with van der Waals surface area (Å²) < 4.78 is 1.93. The van der Waals surface area contributed by atoms with Crippen LogP contribution in [-0.2, 0) is 11.3 Å². The number of carbonyl (C=O) groups is 1. The van der Waals surface area contributed by atoms with Crippen molar-refractivity contribution in [1.29, 1.82) is 0 Å². The highest BCUT2D eigenvalue weighted by Crippen LogP contribution is 2.10. The third-order valence-electron chi connectivity index (χ3n) is 3.09. The summed E-state index contributed by atoms with van der Waals surface area (Å²) in [7, 11) is 1.95. The second-order valence-electron chi connectivity index (χ2n) is 4.16.